The molecule has 0 heterocycles. The van der Waals surface area contributed by atoms with Crippen molar-refractivity contribution in [2.75, 3.05) is 19.7 Å². The highest BCUT2D eigenvalue weighted by Crippen LogP contribution is 2.37. The molecule has 4 nitrogen and oxygen atoms in total. The second-order valence-electron chi connectivity index (χ2n) is 6.55. The number of nitrogens with zero attached hydrogens (tertiary/aromatic N) is 1. The Balaban J connectivity index is 1.77. The van der Waals surface area contributed by atoms with Crippen molar-refractivity contribution >= 4 is 5.96 Å². The van der Waals surface area contributed by atoms with Gasteiger partial charge in [-0.05, 0) is 31.7 Å². The Morgan fingerprint density at radius 3 is 2.69 bits per heavy atom. The smallest absolute Gasteiger partial charge is 0.375 e. The summed E-state index contributed by atoms with van der Waals surface area (Å²) in [6.07, 6.45) is -2.45. The van der Waals surface area contributed by atoms with Crippen LogP contribution in [0.25, 0.3) is 0 Å². The summed E-state index contributed by atoms with van der Waals surface area (Å²) in [6, 6.07) is 9.67. The van der Waals surface area contributed by atoms with Gasteiger partial charge in [-0.3, -0.25) is 4.99 Å². The van der Waals surface area contributed by atoms with Crippen LogP contribution in [0.4, 0.5) is 13.2 Å². The Bertz CT molecular complexity index is 549. The predicted octanol–water partition coefficient (Wildman–Crippen LogP) is 3.88. The number of aliphatic imine (C=N–C) groups is 1. The van der Waals surface area contributed by atoms with Crippen LogP contribution >= 0.6 is 0 Å². The second kappa shape index (κ2) is 10.4. The lowest BCUT2D eigenvalue weighted by atomic mass is 9.85. The molecule has 2 atom stereocenters. The lowest BCUT2D eigenvalue weighted by molar-refractivity contribution is -0.183. The van der Waals surface area contributed by atoms with Crippen molar-refractivity contribution in [3.05, 3.63) is 35.9 Å². The zero-order valence-electron chi connectivity index (χ0n) is 15.2. The molecule has 146 valence electrons. The van der Waals surface area contributed by atoms with Crippen LogP contribution in [0, 0.1) is 5.92 Å². The molecule has 0 saturated heterocycles. The molecule has 26 heavy (non-hydrogen) atoms. The molecule has 0 bridgehead atoms. The second-order valence-corrected chi connectivity index (χ2v) is 6.55. The quantitative estimate of drug-likeness (QED) is 0.434. The minimum absolute atomic E-state index is 0.110. The van der Waals surface area contributed by atoms with Crippen LogP contribution in [-0.4, -0.2) is 37.9 Å². The summed E-state index contributed by atoms with van der Waals surface area (Å²) in [5, 5.41) is 6.25. The first-order valence-corrected chi connectivity index (χ1v) is 9.22. The molecule has 2 rings (SSSR count). The van der Waals surface area contributed by atoms with Gasteiger partial charge in [-0.25, -0.2) is 0 Å². The molecule has 2 N–H and O–H groups in total. The van der Waals surface area contributed by atoms with Crippen molar-refractivity contribution in [2.45, 2.75) is 51.4 Å². The first-order valence-electron chi connectivity index (χ1n) is 9.22. The molecule has 1 fully saturated rings. The third-order valence-electron chi connectivity index (χ3n) is 4.44. The molecule has 0 spiro atoms. The fourth-order valence-electron chi connectivity index (χ4n) is 3.12. The molecule has 7 heteroatoms. The van der Waals surface area contributed by atoms with Gasteiger partial charge in [0.1, 0.15) is 0 Å². The number of benzene rings is 1. The molecule has 0 aliphatic heterocycles. The molecule has 0 radical (unpaired) electrons. The Morgan fingerprint density at radius 1 is 1.23 bits per heavy atom. The molecule has 1 aromatic rings. The molecule has 1 aromatic carbocycles. The van der Waals surface area contributed by atoms with E-state index in [9.17, 15) is 13.2 Å². The standard InChI is InChI=1S/C19H28F3N3O/c1-2-23-18(24-11-12-26-14-15-7-4-3-5-8-15)25-17-10-6-9-16(13-17)19(20,21)22/h3-5,7-8,16-17H,2,6,9-14H2,1H3,(H2,23,24,25). The van der Waals surface area contributed by atoms with Crippen molar-refractivity contribution in [1.82, 2.24) is 10.6 Å². The van der Waals surface area contributed by atoms with E-state index < -0.39 is 12.1 Å². The van der Waals surface area contributed by atoms with Crippen molar-refractivity contribution in [3.63, 3.8) is 0 Å². The molecule has 0 amide bonds. The Kier molecular flexibility index (Phi) is 8.22. The van der Waals surface area contributed by atoms with E-state index in [1.54, 1.807) is 0 Å². The predicted molar refractivity (Wildman–Crippen MR) is 97.0 cm³/mol. The molecular weight excluding hydrogens is 343 g/mol. The minimum Gasteiger partial charge on any atom is -0.375 e. The highest BCUT2D eigenvalue weighted by molar-refractivity contribution is 5.80. The van der Waals surface area contributed by atoms with Gasteiger partial charge in [-0.15, -0.1) is 0 Å². The van der Waals surface area contributed by atoms with Crippen LogP contribution in [0.2, 0.25) is 0 Å². The number of hydrogen-bond acceptors (Lipinski definition) is 2. The molecular formula is C19H28F3N3O. The minimum atomic E-state index is -4.11. The first kappa shape index (κ1) is 20.6. The van der Waals surface area contributed by atoms with Crippen molar-refractivity contribution < 1.29 is 17.9 Å². The van der Waals surface area contributed by atoms with Crippen molar-refractivity contribution in [3.8, 4) is 0 Å². The average molecular weight is 371 g/mol. The monoisotopic (exact) mass is 371 g/mol. The summed E-state index contributed by atoms with van der Waals surface area (Å²) < 4.78 is 44.4. The van der Waals surface area contributed by atoms with E-state index in [4.69, 9.17) is 4.74 Å². The molecule has 2 unspecified atom stereocenters. The van der Waals surface area contributed by atoms with E-state index in [1.807, 2.05) is 37.3 Å². The van der Waals surface area contributed by atoms with Crippen LogP contribution < -0.4 is 10.6 Å². The van der Waals surface area contributed by atoms with Gasteiger partial charge in [0, 0.05) is 12.6 Å². The Morgan fingerprint density at radius 2 is 2.00 bits per heavy atom. The summed E-state index contributed by atoms with van der Waals surface area (Å²) in [6.45, 7) is 4.03. The number of rotatable bonds is 7. The number of alkyl halides is 3. The normalized spacial score (nSPS) is 21.5. The molecule has 1 saturated carbocycles. The van der Waals surface area contributed by atoms with E-state index in [-0.39, 0.29) is 18.9 Å². The lowest BCUT2D eigenvalue weighted by Crippen LogP contribution is -2.47. The van der Waals surface area contributed by atoms with Crippen molar-refractivity contribution in [2.24, 2.45) is 10.9 Å². The summed E-state index contributed by atoms with van der Waals surface area (Å²) in [4.78, 5) is 4.41. The molecule has 1 aliphatic rings. The van der Waals surface area contributed by atoms with Gasteiger partial charge in [-0.1, -0.05) is 36.8 Å². The van der Waals surface area contributed by atoms with Crippen LogP contribution in [0.5, 0.6) is 0 Å². The number of guanidine groups is 1. The lowest BCUT2D eigenvalue weighted by Gasteiger charge is -2.31. The highest BCUT2D eigenvalue weighted by Gasteiger charge is 2.42. The topological polar surface area (TPSA) is 45.7 Å². The van der Waals surface area contributed by atoms with Gasteiger partial charge >= 0.3 is 6.18 Å². The molecule has 1 aliphatic carbocycles. The Labute approximate surface area is 153 Å². The number of ether oxygens (including phenoxy) is 1. The summed E-state index contributed by atoms with van der Waals surface area (Å²) in [5.74, 6) is -0.658. The SMILES string of the molecule is CCNC(=NCCOCc1ccccc1)NC1CCCC(C(F)(F)F)C1. The van der Waals surface area contributed by atoms with Crippen LogP contribution in [-0.2, 0) is 11.3 Å². The van der Waals surface area contributed by atoms with Gasteiger partial charge in [0.2, 0.25) is 0 Å². The van der Waals surface area contributed by atoms with Gasteiger partial charge in [-0.2, -0.15) is 13.2 Å². The largest absolute Gasteiger partial charge is 0.391 e. The van der Waals surface area contributed by atoms with Gasteiger partial charge < -0.3 is 15.4 Å². The van der Waals surface area contributed by atoms with Gasteiger partial charge in [0.05, 0.1) is 25.7 Å². The van der Waals surface area contributed by atoms with E-state index in [1.165, 1.54) is 0 Å². The van der Waals surface area contributed by atoms with E-state index >= 15 is 0 Å². The van der Waals surface area contributed by atoms with Crippen LogP contribution in [0.15, 0.2) is 35.3 Å². The zero-order chi connectivity index (χ0) is 18.8. The van der Waals surface area contributed by atoms with E-state index in [2.05, 4.69) is 15.6 Å². The van der Waals surface area contributed by atoms with Crippen LogP contribution in [0.1, 0.15) is 38.2 Å². The maximum atomic E-state index is 12.9. The van der Waals surface area contributed by atoms with Gasteiger partial charge in [0.25, 0.3) is 0 Å². The van der Waals surface area contributed by atoms with E-state index in [0.717, 1.165) is 12.0 Å². The third kappa shape index (κ3) is 7.23. The molecule has 0 aromatic heterocycles. The third-order valence-corrected chi connectivity index (χ3v) is 4.44. The maximum absolute atomic E-state index is 12.9. The van der Waals surface area contributed by atoms with E-state index in [0.29, 0.717) is 38.7 Å². The number of hydrogen-bond donors (Lipinski definition) is 2. The zero-order valence-corrected chi connectivity index (χ0v) is 15.2. The fraction of sp³-hybridized carbons (Fsp3) is 0.632. The fourth-order valence-corrected chi connectivity index (χ4v) is 3.12. The summed E-state index contributed by atoms with van der Waals surface area (Å²) in [7, 11) is 0. The number of halogens is 3. The summed E-state index contributed by atoms with van der Waals surface area (Å²) >= 11 is 0. The van der Waals surface area contributed by atoms with Gasteiger partial charge in [0.15, 0.2) is 5.96 Å². The maximum Gasteiger partial charge on any atom is 0.391 e. The average Bonchev–Trinajstić information content (AvgIpc) is 2.62. The Hall–Kier alpha value is -1.76. The van der Waals surface area contributed by atoms with Crippen molar-refractivity contribution in [1.29, 1.82) is 0 Å². The van der Waals surface area contributed by atoms with Crippen LogP contribution in [0.3, 0.4) is 0 Å². The number of nitrogens with one attached hydrogen (secondary N) is 2. The highest BCUT2D eigenvalue weighted by atomic mass is 19.4. The summed E-state index contributed by atoms with van der Waals surface area (Å²) in [5.41, 5.74) is 1.10. The first-order chi connectivity index (χ1) is 12.5.